The number of aryl methyl sites for hydroxylation is 4. The summed E-state index contributed by atoms with van der Waals surface area (Å²) in [5.74, 6) is -0.621. The zero-order valence-electron chi connectivity index (χ0n) is 18.0. The zero-order valence-corrected chi connectivity index (χ0v) is 18.9. The number of thioether (sulfide) groups is 1. The molecule has 1 heterocycles. The Kier molecular flexibility index (Phi) is 8.20. The summed E-state index contributed by atoms with van der Waals surface area (Å²) in [6, 6.07) is 6.14. The quantitative estimate of drug-likeness (QED) is 0.373. The molecule has 0 aliphatic rings. The Hall–Kier alpha value is -2.41. The summed E-state index contributed by atoms with van der Waals surface area (Å²) in [6.07, 6.45) is 2.62. The third-order valence-electron chi connectivity index (χ3n) is 4.85. The first-order valence-corrected chi connectivity index (χ1v) is 10.8. The Balaban J connectivity index is 1.83. The van der Waals surface area contributed by atoms with Gasteiger partial charge >= 0.3 is 5.97 Å². The number of benzene rings is 1. The molecule has 0 bridgehead atoms. The third-order valence-corrected chi connectivity index (χ3v) is 5.40. The van der Waals surface area contributed by atoms with Gasteiger partial charge in [0, 0.05) is 31.4 Å². The molecular formula is C22H29N3O3S. The van der Waals surface area contributed by atoms with Crippen LogP contribution in [0.1, 0.15) is 40.1 Å². The van der Waals surface area contributed by atoms with E-state index in [-0.39, 0.29) is 18.9 Å². The van der Waals surface area contributed by atoms with E-state index in [1.54, 1.807) is 11.9 Å². The highest BCUT2D eigenvalue weighted by atomic mass is 32.2. The predicted molar refractivity (Wildman–Crippen MR) is 115 cm³/mol. The maximum Gasteiger partial charge on any atom is 0.306 e. The fraction of sp³-hybridized carbons (Fsp3) is 0.455. The molecule has 2 rings (SSSR count). The maximum absolute atomic E-state index is 12.3. The molecule has 1 aromatic carbocycles. The van der Waals surface area contributed by atoms with Crippen LogP contribution in [0.2, 0.25) is 0 Å². The second kappa shape index (κ2) is 10.4. The Labute approximate surface area is 177 Å². The molecule has 1 aromatic heterocycles. The first-order valence-electron chi connectivity index (χ1n) is 9.55. The van der Waals surface area contributed by atoms with Crippen molar-refractivity contribution in [3.63, 3.8) is 0 Å². The Morgan fingerprint density at radius 3 is 2.34 bits per heavy atom. The van der Waals surface area contributed by atoms with E-state index in [4.69, 9.17) is 4.74 Å². The predicted octanol–water partition coefficient (Wildman–Crippen LogP) is 3.57. The van der Waals surface area contributed by atoms with Crippen molar-refractivity contribution in [2.45, 2.75) is 52.2 Å². The molecule has 0 aliphatic heterocycles. The summed E-state index contributed by atoms with van der Waals surface area (Å²) in [5.41, 5.74) is 6.11. The molecule has 1 amide bonds. The molecule has 0 N–H and O–H groups in total. The summed E-state index contributed by atoms with van der Waals surface area (Å²) in [6.45, 7) is 8.14. The molecule has 0 aliphatic carbocycles. The van der Waals surface area contributed by atoms with E-state index < -0.39 is 5.97 Å². The van der Waals surface area contributed by atoms with Crippen LogP contribution in [0, 0.1) is 27.7 Å². The molecule has 0 spiro atoms. The van der Waals surface area contributed by atoms with Crippen molar-refractivity contribution in [2.24, 2.45) is 0 Å². The van der Waals surface area contributed by atoms with Gasteiger partial charge in [0.1, 0.15) is 0 Å². The number of hydrogen-bond acceptors (Lipinski definition) is 6. The van der Waals surface area contributed by atoms with Gasteiger partial charge < -0.3 is 9.64 Å². The first kappa shape index (κ1) is 22.9. The van der Waals surface area contributed by atoms with E-state index >= 15 is 0 Å². The van der Waals surface area contributed by atoms with Gasteiger partial charge in [-0.2, -0.15) is 0 Å². The fourth-order valence-electron chi connectivity index (χ4n) is 3.08. The van der Waals surface area contributed by atoms with Crippen LogP contribution in [0.15, 0.2) is 23.4 Å². The number of hydrogen-bond donors (Lipinski definition) is 0. The summed E-state index contributed by atoms with van der Waals surface area (Å²) in [7, 11) is 1.72. The van der Waals surface area contributed by atoms with Crippen LogP contribution in [0.25, 0.3) is 0 Å². The Morgan fingerprint density at radius 1 is 1.10 bits per heavy atom. The van der Waals surface area contributed by atoms with Gasteiger partial charge in [-0.1, -0.05) is 35.5 Å². The minimum absolute atomic E-state index is 0.192. The third kappa shape index (κ3) is 6.56. The number of nitrogens with zero attached hydrogens (tertiary/aromatic N) is 3. The van der Waals surface area contributed by atoms with Gasteiger partial charge in [0.25, 0.3) is 5.91 Å². The lowest BCUT2D eigenvalue weighted by atomic mass is 10.1. The molecule has 0 radical (unpaired) electrons. The lowest BCUT2D eigenvalue weighted by molar-refractivity contribution is -0.151. The van der Waals surface area contributed by atoms with Gasteiger partial charge in [-0.05, 0) is 57.1 Å². The number of carbonyl (C=O) groups is 2. The second-order valence-electron chi connectivity index (χ2n) is 7.20. The molecule has 2 aromatic rings. The van der Waals surface area contributed by atoms with Crippen molar-refractivity contribution in [3.8, 4) is 0 Å². The maximum atomic E-state index is 12.3. The lowest BCUT2D eigenvalue weighted by Crippen LogP contribution is -2.31. The summed E-state index contributed by atoms with van der Waals surface area (Å²) in [4.78, 5) is 34.8. The number of likely N-dealkylation sites (N-methyl/N-ethyl adjacent to an activating group) is 1. The molecule has 0 saturated carbocycles. The number of amides is 1. The average Bonchev–Trinajstić information content (AvgIpc) is 2.67. The highest BCUT2D eigenvalue weighted by Crippen LogP contribution is 2.17. The van der Waals surface area contributed by atoms with Crippen molar-refractivity contribution in [1.29, 1.82) is 0 Å². The van der Waals surface area contributed by atoms with Gasteiger partial charge in [0.2, 0.25) is 0 Å². The normalized spacial score (nSPS) is 10.7. The zero-order chi connectivity index (χ0) is 21.6. The van der Waals surface area contributed by atoms with E-state index in [1.807, 2.05) is 46.1 Å². The summed E-state index contributed by atoms with van der Waals surface area (Å²) in [5, 5.41) is 0.726. The van der Waals surface area contributed by atoms with Crippen LogP contribution in [0.5, 0.6) is 0 Å². The minimum Gasteiger partial charge on any atom is -0.456 e. The van der Waals surface area contributed by atoms with Crippen LogP contribution in [0.4, 0.5) is 0 Å². The molecule has 0 atom stereocenters. The monoisotopic (exact) mass is 415 g/mol. The SMILES string of the molecule is CSc1nc(C)c(CCC(=O)OCC(=O)N(C)Cc2ccc(C)cc2C)c(C)n1. The molecular weight excluding hydrogens is 386 g/mol. The standard InChI is InChI=1S/C22H29N3O3S/c1-14-7-8-18(15(2)11-14)12-25(5)20(26)13-28-21(27)10-9-19-16(3)23-22(29-6)24-17(19)4/h7-8,11H,9-10,12-13H2,1-6H3. The smallest absolute Gasteiger partial charge is 0.306 e. The minimum atomic E-state index is -0.397. The second-order valence-corrected chi connectivity index (χ2v) is 7.97. The van der Waals surface area contributed by atoms with E-state index in [1.165, 1.54) is 17.3 Å². The fourth-order valence-corrected chi connectivity index (χ4v) is 3.54. The number of ether oxygens (including phenoxy) is 1. The van der Waals surface area contributed by atoms with Gasteiger partial charge in [-0.25, -0.2) is 9.97 Å². The Bertz CT molecular complexity index is 876. The summed E-state index contributed by atoms with van der Waals surface area (Å²) >= 11 is 1.49. The van der Waals surface area contributed by atoms with Crippen molar-refractivity contribution >= 4 is 23.6 Å². The van der Waals surface area contributed by atoms with Crippen molar-refractivity contribution < 1.29 is 14.3 Å². The molecule has 6 nitrogen and oxygen atoms in total. The van der Waals surface area contributed by atoms with E-state index in [9.17, 15) is 9.59 Å². The van der Waals surface area contributed by atoms with Crippen LogP contribution in [-0.2, 0) is 27.3 Å². The number of carbonyl (C=O) groups excluding carboxylic acids is 2. The first-order chi connectivity index (χ1) is 13.7. The number of rotatable bonds is 8. The highest BCUT2D eigenvalue weighted by molar-refractivity contribution is 7.98. The van der Waals surface area contributed by atoms with Crippen molar-refractivity contribution in [1.82, 2.24) is 14.9 Å². The van der Waals surface area contributed by atoms with Gasteiger partial charge in [-0.15, -0.1) is 0 Å². The van der Waals surface area contributed by atoms with E-state index in [2.05, 4.69) is 16.0 Å². The van der Waals surface area contributed by atoms with Crippen molar-refractivity contribution in [3.05, 3.63) is 51.8 Å². The van der Waals surface area contributed by atoms with Crippen molar-refractivity contribution in [2.75, 3.05) is 19.9 Å². The molecule has 156 valence electrons. The van der Waals surface area contributed by atoms with Gasteiger partial charge in [-0.3, -0.25) is 9.59 Å². The van der Waals surface area contributed by atoms with Crippen LogP contribution in [-0.4, -0.2) is 46.7 Å². The van der Waals surface area contributed by atoms with Gasteiger partial charge in [0.05, 0.1) is 0 Å². The molecule has 7 heteroatoms. The average molecular weight is 416 g/mol. The molecule has 0 unspecified atom stereocenters. The van der Waals surface area contributed by atoms with Crippen LogP contribution in [0.3, 0.4) is 0 Å². The van der Waals surface area contributed by atoms with Crippen LogP contribution < -0.4 is 0 Å². The molecule has 29 heavy (non-hydrogen) atoms. The van der Waals surface area contributed by atoms with E-state index in [0.717, 1.165) is 33.2 Å². The highest BCUT2D eigenvalue weighted by Gasteiger charge is 2.15. The number of esters is 1. The summed E-state index contributed by atoms with van der Waals surface area (Å²) < 4.78 is 5.18. The van der Waals surface area contributed by atoms with E-state index in [0.29, 0.717) is 13.0 Å². The lowest BCUT2D eigenvalue weighted by Gasteiger charge is -2.19. The number of aromatic nitrogens is 2. The largest absolute Gasteiger partial charge is 0.456 e. The molecule has 0 fully saturated rings. The Morgan fingerprint density at radius 2 is 1.76 bits per heavy atom. The van der Waals surface area contributed by atoms with Gasteiger partial charge in [0.15, 0.2) is 11.8 Å². The molecule has 0 saturated heterocycles. The topological polar surface area (TPSA) is 72.4 Å². The van der Waals surface area contributed by atoms with Crippen LogP contribution >= 0.6 is 11.8 Å².